The molecule has 2 N–H and O–H groups in total. The third-order valence-electron chi connectivity index (χ3n) is 5.56. The van der Waals surface area contributed by atoms with Crippen LogP contribution in [0, 0.1) is 6.92 Å². The fourth-order valence-corrected chi connectivity index (χ4v) is 5.73. The molecule has 0 saturated carbocycles. The highest BCUT2D eigenvalue weighted by atomic mass is 32.2. The summed E-state index contributed by atoms with van der Waals surface area (Å²) >= 11 is 0. The Hall–Kier alpha value is -3.44. The van der Waals surface area contributed by atoms with Gasteiger partial charge < -0.3 is 14.3 Å². The Morgan fingerprint density at radius 1 is 0.935 bits per heavy atom. The topological polar surface area (TPSA) is 124 Å². The highest BCUT2D eigenvalue weighted by molar-refractivity contribution is 7.89. The van der Waals surface area contributed by atoms with Crippen LogP contribution in [0.5, 0.6) is 0 Å². The van der Waals surface area contributed by atoms with E-state index >= 15 is 0 Å². The van der Waals surface area contributed by atoms with Crippen LogP contribution in [0.25, 0.3) is 16.6 Å². The van der Waals surface area contributed by atoms with Crippen LogP contribution in [0.4, 0.5) is 5.82 Å². The van der Waals surface area contributed by atoms with Crippen LogP contribution in [0.3, 0.4) is 0 Å². The predicted octanol–water partition coefficient (Wildman–Crippen LogP) is 0.683. The molecule has 1 aromatic carbocycles. The molecule has 0 amide bonds. The monoisotopic (exact) mass is 440 g/mol. The van der Waals surface area contributed by atoms with Crippen LogP contribution in [-0.2, 0) is 10.0 Å². The number of nitrogens with one attached hydrogen (secondary N) is 2. The summed E-state index contributed by atoms with van der Waals surface area (Å²) in [6.45, 7) is 2.64. The minimum atomic E-state index is -4.04. The molecule has 0 radical (unpaired) electrons. The van der Waals surface area contributed by atoms with E-state index in [1.807, 2.05) is 47.6 Å². The molecular formula is C20H20N6O4S. The number of sulfonamides is 1. The number of nitrogens with zero attached hydrogens (tertiary/aromatic N) is 4. The Labute approximate surface area is 176 Å². The van der Waals surface area contributed by atoms with Gasteiger partial charge in [-0.3, -0.25) is 9.78 Å². The maximum Gasteiger partial charge on any atom is 0.325 e. The number of fused-ring (bicyclic) bond motifs is 3. The van der Waals surface area contributed by atoms with Crippen molar-refractivity contribution in [2.24, 2.45) is 0 Å². The first kappa shape index (κ1) is 19.5. The summed E-state index contributed by atoms with van der Waals surface area (Å²) in [4.78, 5) is 34.4. The van der Waals surface area contributed by atoms with Crippen molar-refractivity contribution in [1.82, 2.24) is 23.7 Å². The van der Waals surface area contributed by atoms with Crippen LogP contribution in [-0.4, -0.2) is 58.3 Å². The molecule has 1 saturated heterocycles. The standard InChI is InChI=1S/C20H20N6O4S/c1-13-17(19(27)23-20(28)21-13)31(29,30)25-11-9-24(10-12-25)18-16-7-4-8-26(16)15-6-3-2-5-14(15)22-18/h2-8H,9-12H2,1H3,(H2,21,23,27,28). The summed E-state index contributed by atoms with van der Waals surface area (Å²) in [5, 5.41) is 0. The van der Waals surface area contributed by atoms with Gasteiger partial charge in [-0.25, -0.2) is 18.2 Å². The van der Waals surface area contributed by atoms with E-state index in [0.717, 1.165) is 22.4 Å². The van der Waals surface area contributed by atoms with Gasteiger partial charge in [0, 0.05) is 38.1 Å². The van der Waals surface area contributed by atoms with E-state index in [-0.39, 0.29) is 18.8 Å². The molecule has 1 aliphatic heterocycles. The molecule has 0 aliphatic carbocycles. The number of piperazine rings is 1. The average molecular weight is 440 g/mol. The van der Waals surface area contributed by atoms with E-state index in [2.05, 4.69) is 14.3 Å². The van der Waals surface area contributed by atoms with Crippen molar-refractivity contribution < 1.29 is 8.42 Å². The van der Waals surface area contributed by atoms with E-state index in [4.69, 9.17) is 4.98 Å². The van der Waals surface area contributed by atoms with Crippen molar-refractivity contribution in [2.75, 3.05) is 31.1 Å². The molecule has 11 heteroatoms. The van der Waals surface area contributed by atoms with Gasteiger partial charge in [0.2, 0.25) is 10.0 Å². The van der Waals surface area contributed by atoms with Crippen LogP contribution in [0.1, 0.15) is 5.69 Å². The Morgan fingerprint density at radius 2 is 1.65 bits per heavy atom. The number of H-pyrrole nitrogens is 2. The van der Waals surface area contributed by atoms with E-state index < -0.39 is 26.2 Å². The lowest BCUT2D eigenvalue weighted by Gasteiger charge is -2.35. The van der Waals surface area contributed by atoms with Gasteiger partial charge in [-0.05, 0) is 31.2 Å². The van der Waals surface area contributed by atoms with Crippen molar-refractivity contribution in [3.05, 3.63) is 69.1 Å². The minimum Gasteiger partial charge on any atom is -0.352 e. The number of aryl methyl sites for hydroxylation is 1. The number of anilines is 1. The van der Waals surface area contributed by atoms with Gasteiger partial charge >= 0.3 is 5.69 Å². The molecule has 4 heterocycles. The zero-order valence-electron chi connectivity index (χ0n) is 16.7. The van der Waals surface area contributed by atoms with Gasteiger partial charge in [-0.15, -0.1) is 0 Å². The third-order valence-corrected chi connectivity index (χ3v) is 7.61. The first-order chi connectivity index (χ1) is 14.9. The number of rotatable bonds is 3. The number of aromatic nitrogens is 4. The summed E-state index contributed by atoms with van der Waals surface area (Å²) in [6, 6.07) is 11.8. The molecule has 1 aliphatic rings. The lowest BCUT2D eigenvalue weighted by molar-refractivity contribution is 0.383. The number of hydrogen-bond acceptors (Lipinski definition) is 6. The fraction of sp³-hybridized carbons (Fsp3) is 0.250. The van der Waals surface area contributed by atoms with Gasteiger partial charge in [0.25, 0.3) is 5.56 Å². The molecule has 3 aromatic heterocycles. The molecule has 0 spiro atoms. The second-order valence-corrected chi connectivity index (χ2v) is 9.32. The highest BCUT2D eigenvalue weighted by Crippen LogP contribution is 2.27. The van der Waals surface area contributed by atoms with Gasteiger partial charge in [-0.2, -0.15) is 4.31 Å². The lowest BCUT2D eigenvalue weighted by Crippen LogP contribution is -2.50. The highest BCUT2D eigenvalue weighted by Gasteiger charge is 2.33. The number of benzene rings is 1. The zero-order chi connectivity index (χ0) is 21.8. The minimum absolute atomic E-state index is 0.0299. The Kier molecular flexibility index (Phi) is 4.45. The molecule has 4 aromatic rings. The first-order valence-electron chi connectivity index (χ1n) is 9.80. The maximum absolute atomic E-state index is 13.1. The predicted molar refractivity (Wildman–Crippen MR) is 116 cm³/mol. The van der Waals surface area contributed by atoms with Crippen LogP contribution in [0.2, 0.25) is 0 Å². The van der Waals surface area contributed by atoms with Crippen LogP contribution >= 0.6 is 0 Å². The van der Waals surface area contributed by atoms with Gasteiger partial charge in [0.1, 0.15) is 0 Å². The van der Waals surface area contributed by atoms with E-state index in [0.29, 0.717) is 13.1 Å². The quantitative estimate of drug-likeness (QED) is 0.483. The van der Waals surface area contributed by atoms with E-state index in [9.17, 15) is 18.0 Å². The van der Waals surface area contributed by atoms with Gasteiger partial charge in [-0.1, -0.05) is 12.1 Å². The summed E-state index contributed by atoms with van der Waals surface area (Å²) in [5.74, 6) is 0.791. The molecule has 0 atom stereocenters. The molecule has 10 nitrogen and oxygen atoms in total. The second kappa shape index (κ2) is 7.06. The summed E-state index contributed by atoms with van der Waals surface area (Å²) in [7, 11) is -4.04. The van der Waals surface area contributed by atoms with Crippen molar-refractivity contribution in [3.8, 4) is 0 Å². The van der Waals surface area contributed by atoms with Crippen molar-refractivity contribution >= 4 is 32.4 Å². The second-order valence-electron chi connectivity index (χ2n) is 7.44. The van der Waals surface area contributed by atoms with Crippen molar-refractivity contribution in [1.29, 1.82) is 0 Å². The summed E-state index contributed by atoms with van der Waals surface area (Å²) in [6.07, 6.45) is 1.98. The normalized spacial score (nSPS) is 15.7. The summed E-state index contributed by atoms with van der Waals surface area (Å²) in [5.41, 5.74) is 1.19. The Morgan fingerprint density at radius 3 is 2.39 bits per heavy atom. The Balaban J connectivity index is 1.47. The van der Waals surface area contributed by atoms with Gasteiger partial charge in [0.05, 0.1) is 16.6 Å². The molecule has 5 rings (SSSR count). The average Bonchev–Trinajstić information content (AvgIpc) is 3.22. The molecule has 0 bridgehead atoms. The molecule has 31 heavy (non-hydrogen) atoms. The smallest absolute Gasteiger partial charge is 0.325 e. The molecule has 0 unspecified atom stereocenters. The van der Waals surface area contributed by atoms with Crippen molar-refractivity contribution in [2.45, 2.75) is 11.8 Å². The van der Waals surface area contributed by atoms with Crippen LogP contribution < -0.4 is 16.1 Å². The molecule has 160 valence electrons. The summed E-state index contributed by atoms with van der Waals surface area (Å²) < 4.78 is 29.5. The zero-order valence-corrected chi connectivity index (χ0v) is 17.5. The number of aromatic amines is 2. The van der Waals surface area contributed by atoms with E-state index in [1.54, 1.807) is 0 Å². The number of para-hydroxylation sites is 2. The molecule has 1 fully saturated rings. The third kappa shape index (κ3) is 3.13. The number of hydrogen-bond donors (Lipinski definition) is 2. The lowest BCUT2D eigenvalue weighted by atomic mass is 10.2. The Bertz CT molecular complexity index is 1530. The van der Waals surface area contributed by atoms with E-state index in [1.165, 1.54) is 11.2 Å². The first-order valence-corrected chi connectivity index (χ1v) is 11.2. The SMILES string of the molecule is Cc1[nH]c(=O)[nH]c(=O)c1S(=O)(=O)N1CCN(c2nc3ccccc3n3cccc23)CC1. The largest absolute Gasteiger partial charge is 0.352 e. The van der Waals surface area contributed by atoms with Crippen molar-refractivity contribution in [3.63, 3.8) is 0 Å². The maximum atomic E-state index is 13.1. The van der Waals surface area contributed by atoms with Crippen LogP contribution in [0.15, 0.2) is 57.1 Å². The molecular weight excluding hydrogens is 420 g/mol. The van der Waals surface area contributed by atoms with Gasteiger partial charge in [0.15, 0.2) is 10.7 Å². The fourth-order valence-electron chi connectivity index (χ4n) is 4.11.